The summed E-state index contributed by atoms with van der Waals surface area (Å²) in [6, 6.07) is 10.8. The predicted molar refractivity (Wildman–Crippen MR) is 141 cm³/mol. The summed E-state index contributed by atoms with van der Waals surface area (Å²) >= 11 is 7.03. The van der Waals surface area contributed by atoms with Crippen LogP contribution in [0.15, 0.2) is 48.0 Å². The fraction of sp³-hybridized carbons (Fsp3) is 0.259. The van der Waals surface area contributed by atoms with Gasteiger partial charge in [-0.1, -0.05) is 42.0 Å². The molecule has 0 unspecified atom stereocenters. The molecule has 4 rings (SSSR count). The summed E-state index contributed by atoms with van der Waals surface area (Å²) in [7, 11) is 1.25. The Balaban J connectivity index is 1.89. The molecule has 0 saturated carbocycles. The summed E-state index contributed by atoms with van der Waals surface area (Å²) in [4.78, 5) is 44.7. The first-order valence-corrected chi connectivity index (χ1v) is 12.7. The van der Waals surface area contributed by atoms with E-state index < -0.39 is 23.7 Å². The lowest BCUT2D eigenvalue weighted by Gasteiger charge is -2.23. The average Bonchev–Trinajstić information content (AvgIpc) is 3.39. The lowest BCUT2D eigenvalue weighted by atomic mass is 9.94. The van der Waals surface area contributed by atoms with Gasteiger partial charge in [0.25, 0.3) is 5.78 Å². The number of rotatable bonds is 7. The number of halogens is 1. The normalized spacial score (nSPS) is 16.8. The molecule has 2 heterocycles. The summed E-state index contributed by atoms with van der Waals surface area (Å²) < 4.78 is 10.5. The Morgan fingerprint density at radius 3 is 2.49 bits per heavy atom. The molecule has 192 valence electrons. The van der Waals surface area contributed by atoms with Crippen LogP contribution in [0.4, 0.5) is 5.13 Å². The highest BCUT2D eigenvalue weighted by atomic mass is 35.5. The van der Waals surface area contributed by atoms with E-state index in [4.69, 9.17) is 21.1 Å². The lowest BCUT2D eigenvalue weighted by molar-refractivity contribution is -0.132. The van der Waals surface area contributed by atoms with Crippen LogP contribution in [0.1, 0.15) is 51.4 Å². The van der Waals surface area contributed by atoms with Crippen LogP contribution in [0.25, 0.3) is 5.76 Å². The number of carbonyl (C=O) groups is 3. The number of anilines is 1. The van der Waals surface area contributed by atoms with Crippen molar-refractivity contribution in [1.82, 2.24) is 4.98 Å². The first kappa shape index (κ1) is 26.4. The van der Waals surface area contributed by atoms with Crippen LogP contribution < -0.4 is 9.64 Å². The second-order valence-electron chi connectivity index (χ2n) is 8.45. The third-order valence-electron chi connectivity index (χ3n) is 5.92. The topological polar surface area (TPSA) is 106 Å². The zero-order chi connectivity index (χ0) is 26.9. The molecule has 1 atom stereocenters. The highest BCUT2D eigenvalue weighted by molar-refractivity contribution is 7.17. The number of esters is 1. The summed E-state index contributed by atoms with van der Waals surface area (Å²) in [5, 5.41) is 12.0. The van der Waals surface area contributed by atoms with Gasteiger partial charge in [0.2, 0.25) is 0 Å². The second kappa shape index (κ2) is 10.7. The monoisotopic (exact) mass is 540 g/mol. The van der Waals surface area contributed by atoms with Gasteiger partial charge in [0.1, 0.15) is 16.4 Å². The minimum absolute atomic E-state index is 0.0925. The summed E-state index contributed by atoms with van der Waals surface area (Å²) in [5.74, 6) is -2.01. The van der Waals surface area contributed by atoms with Gasteiger partial charge >= 0.3 is 11.9 Å². The van der Waals surface area contributed by atoms with Crippen LogP contribution >= 0.6 is 22.9 Å². The number of aryl methyl sites for hydroxylation is 2. The van der Waals surface area contributed by atoms with Crippen molar-refractivity contribution in [2.45, 2.75) is 33.2 Å². The number of methoxy groups -OCH3 is 1. The van der Waals surface area contributed by atoms with Crippen LogP contribution in [-0.4, -0.2) is 41.5 Å². The molecule has 0 aliphatic carbocycles. The Morgan fingerprint density at radius 1 is 1.16 bits per heavy atom. The molecule has 1 N–H and O–H groups in total. The van der Waals surface area contributed by atoms with Gasteiger partial charge in [-0.3, -0.25) is 14.5 Å². The van der Waals surface area contributed by atoms with Gasteiger partial charge in [-0.2, -0.15) is 0 Å². The number of aromatic nitrogens is 1. The Labute approximate surface area is 223 Å². The van der Waals surface area contributed by atoms with Gasteiger partial charge in [0.15, 0.2) is 5.13 Å². The van der Waals surface area contributed by atoms with E-state index in [0.29, 0.717) is 39.8 Å². The van der Waals surface area contributed by atoms with E-state index in [1.54, 1.807) is 56.3 Å². The van der Waals surface area contributed by atoms with Gasteiger partial charge < -0.3 is 14.6 Å². The molecule has 0 bridgehead atoms. The molecule has 1 aliphatic rings. The summed E-state index contributed by atoms with van der Waals surface area (Å²) in [5.41, 5.74) is 1.88. The first-order chi connectivity index (χ1) is 17.7. The fourth-order valence-electron chi connectivity index (χ4n) is 4.11. The third-order valence-corrected chi connectivity index (χ3v) is 7.31. The molecule has 2 aromatic carbocycles. The highest BCUT2D eigenvalue weighted by Crippen LogP contribution is 2.44. The first-order valence-electron chi connectivity index (χ1n) is 11.5. The molecular weight excluding hydrogens is 516 g/mol. The van der Waals surface area contributed by atoms with Crippen LogP contribution in [0, 0.1) is 13.8 Å². The van der Waals surface area contributed by atoms with Crippen LogP contribution in [0.3, 0.4) is 0 Å². The van der Waals surface area contributed by atoms with Crippen molar-refractivity contribution in [2.24, 2.45) is 0 Å². The van der Waals surface area contributed by atoms with Gasteiger partial charge in [0.05, 0.1) is 31.0 Å². The molecule has 0 radical (unpaired) electrons. The number of nitrogens with zero attached hydrogens (tertiary/aromatic N) is 2. The molecule has 1 aromatic heterocycles. The SMILES string of the molecule is CCCOc1ccc(C(O)=C2C(=O)C(=O)N(c3nc(C)c(C(=O)OC)s3)[C@H]2c2ccc(Cl)cc2)c(C)c1. The van der Waals surface area contributed by atoms with E-state index >= 15 is 0 Å². The molecule has 10 heteroatoms. The van der Waals surface area contributed by atoms with Gasteiger partial charge in [-0.05, 0) is 61.7 Å². The maximum Gasteiger partial charge on any atom is 0.350 e. The Kier molecular flexibility index (Phi) is 7.65. The summed E-state index contributed by atoms with van der Waals surface area (Å²) in [6.07, 6.45) is 0.846. The zero-order valence-corrected chi connectivity index (χ0v) is 22.3. The molecule has 8 nitrogen and oxygen atoms in total. The quantitative estimate of drug-likeness (QED) is 0.179. The molecule has 0 spiro atoms. The van der Waals surface area contributed by atoms with Crippen LogP contribution in [-0.2, 0) is 14.3 Å². The largest absolute Gasteiger partial charge is 0.507 e. The number of hydrogen-bond acceptors (Lipinski definition) is 8. The number of Topliss-reactive ketones (excluding diaryl/α,β-unsaturated/α-hetero) is 1. The number of carbonyl (C=O) groups excluding carboxylic acids is 3. The van der Waals surface area contributed by atoms with Crippen LogP contribution in [0.2, 0.25) is 5.02 Å². The van der Waals surface area contributed by atoms with E-state index in [-0.39, 0.29) is 21.3 Å². The van der Waals surface area contributed by atoms with Crippen molar-refractivity contribution < 1.29 is 29.0 Å². The number of ether oxygens (including phenoxy) is 2. The zero-order valence-electron chi connectivity index (χ0n) is 20.7. The number of aliphatic hydroxyl groups is 1. The maximum absolute atomic E-state index is 13.4. The van der Waals surface area contributed by atoms with E-state index in [1.807, 2.05) is 6.92 Å². The standard InChI is InChI=1S/C27H25ClN2O6S/c1-5-12-36-18-10-11-19(14(2)13-18)22(31)20-21(16-6-8-17(28)9-7-16)30(25(33)23(20)32)27-29-15(3)24(37-27)26(34)35-4/h6-11,13,21,31H,5,12H2,1-4H3/t21-/m0/s1. The van der Waals surface area contributed by atoms with Gasteiger partial charge in [-0.25, -0.2) is 9.78 Å². The smallest absolute Gasteiger partial charge is 0.350 e. The van der Waals surface area contributed by atoms with Gasteiger partial charge in [0, 0.05) is 10.6 Å². The number of aliphatic hydroxyl groups excluding tert-OH is 1. The number of benzene rings is 2. The Morgan fingerprint density at radius 2 is 1.86 bits per heavy atom. The number of ketones is 1. The molecular formula is C27H25ClN2O6S. The number of amides is 1. The Hall–Kier alpha value is -3.69. The lowest BCUT2D eigenvalue weighted by Crippen LogP contribution is -2.29. The third kappa shape index (κ3) is 4.97. The van der Waals surface area contributed by atoms with E-state index in [9.17, 15) is 19.5 Å². The number of thiazole rings is 1. The summed E-state index contributed by atoms with van der Waals surface area (Å²) in [6.45, 7) is 5.95. The highest BCUT2D eigenvalue weighted by Gasteiger charge is 2.48. The minimum Gasteiger partial charge on any atom is -0.507 e. The number of hydrogen-bond donors (Lipinski definition) is 1. The fourth-order valence-corrected chi connectivity index (χ4v) is 5.25. The van der Waals surface area contributed by atoms with Crippen molar-refractivity contribution in [1.29, 1.82) is 0 Å². The maximum atomic E-state index is 13.4. The van der Waals surface area contributed by atoms with Crippen LogP contribution in [0.5, 0.6) is 5.75 Å². The van der Waals surface area contributed by atoms with Crippen molar-refractivity contribution in [3.63, 3.8) is 0 Å². The predicted octanol–water partition coefficient (Wildman–Crippen LogP) is 5.62. The van der Waals surface area contributed by atoms with E-state index in [2.05, 4.69) is 4.98 Å². The van der Waals surface area contributed by atoms with Gasteiger partial charge in [-0.15, -0.1) is 0 Å². The molecule has 3 aromatic rings. The molecule has 1 aliphatic heterocycles. The van der Waals surface area contributed by atoms with Crippen molar-refractivity contribution in [3.05, 3.63) is 80.3 Å². The van der Waals surface area contributed by atoms with Crippen molar-refractivity contribution >= 4 is 51.5 Å². The molecule has 1 saturated heterocycles. The van der Waals surface area contributed by atoms with E-state index in [0.717, 1.165) is 17.8 Å². The average molecular weight is 541 g/mol. The molecule has 37 heavy (non-hydrogen) atoms. The van der Waals surface area contributed by atoms with Crippen molar-refractivity contribution in [3.8, 4) is 5.75 Å². The Bertz CT molecular complexity index is 1410. The molecule has 1 amide bonds. The van der Waals surface area contributed by atoms with Crippen molar-refractivity contribution in [2.75, 3.05) is 18.6 Å². The molecule has 1 fully saturated rings. The second-order valence-corrected chi connectivity index (χ2v) is 9.86. The van der Waals surface area contributed by atoms with E-state index in [1.165, 1.54) is 12.0 Å². The minimum atomic E-state index is -0.997.